The van der Waals surface area contributed by atoms with Gasteiger partial charge in [0.05, 0.1) is 35.1 Å². The first-order chi connectivity index (χ1) is 29.5. The van der Waals surface area contributed by atoms with E-state index in [-0.39, 0.29) is 103 Å². The van der Waals surface area contributed by atoms with Crippen molar-refractivity contribution in [2.75, 3.05) is 19.9 Å². The number of Topliss-reactive ketones (excluding diaryl/α,β-unsaturated/α-hetero) is 1. The van der Waals surface area contributed by atoms with Gasteiger partial charge in [-0.2, -0.15) is 0 Å². The second-order valence-corrected chi connectivity index (χ2v) is 17.3. The molecule has 1 aromatic carbocycles. The first-order valence-corrected chi connectivity index (χ1v) is 21.8. The fourth-order valence-electron chi connectivity index (χ4n) is 8.66. The summed E-state index contributed by atoms with van der Waals surface area (Å²) in [4.78, 5) is 95.0. The molecular formula is C46H58FN5O10. The first kappa shape index (κ1) is 46.2. The van der Waals surface area contributed by atoms with Gasteiger partial charge in [0.15, 0.2) is 11.4 Å². The molecule has 0 saturated carbocycles. The molecule has 3 aliphatic rings. The molecule has 334 valence electrons. The molecule has 1 unspecified atom stereocenters. The third-order valence-electron chi connectivity index (χ3n) is 12.5. The lowest BCUT2D eigenvalue weighted by Crippen LogP contribution is -2.45. The molecule has 4 atom stereocenters. The SMILES string of the molecule is CC[C@@]1(O)C(=O)OCc2c1cc1n(c2=O)Cc2cc3c(CCCCOCNC(=O)[C@H](C)CC(=O)[C@@H](NC(=O)CCCCCN4C(=O)CC(C)C4=O)C(C)C)c(C)c(F)cc3nc2-1. The Morgan fingerprint density at radius 3 is 2.52 bits per heavy atom. The predicted molar refractivity (Wildman–Crippen MR) is 226 cm³/mol. The molecule has 3 aromatic rings. The van der Waals surface area contributed by atoms with Crippen LogP contribution in [-0.4, -0.2) is 80.9 Å². The predicted octanol–water partition coefficient (Wildman–Crippen LogP) is 4.63. The lowest BCUT2D eigenvalue weighted by Gasteiger charge is -2.31. The second-order valence-electron chi connectivity index (χ2n) is 17.3. The molecule has 0 bridgehead atoms. The normalized spacial score (nSPS) is 19.0. The number of imide groups is 1. The van der Waals surface area contributed by atoms with Crippen molar-refractivity contribution in [3.63, 3.8) is 0 Å². The number of hydrogen-bond acceptors (Lipinski definition) is 11. The Hall–Kier alpha value is -5.35. The van der Waals surface area contributed by atoms with Crippen molar-refractivity contribution in [2.45, 2.75) is 131 Å². The maximum Gasteiger partial charge on any atom is 0.343 e. The zero-order valence-corrected chi connectivity index (χ0v) is 36.5. The van der Waals surface area contributed by atoms with Gasteiger partial charge in [0.25, 0.3) is 5.56 Å². The molecule has 62 heavy (non-hydrogen) atoms. The van der Waals surface area contributed by atoms with Crippen LogP contribution in [0, 0.1) is 30.5 Å². The van der Waals surface area contributed by atoms with Crippen LogP contribution in [-0.2, 0) is 63.4 Å². The Morgan fingerprint density at radius 1 is 1.06 bits per heavy atom. The number of nitrogens with one attached hydrogen (secondary N) is 2. The summed E-state index contributed by atoms with van der Waals surface area (Å²) in [6.07, 6.45) is 4.00. The molecule has 3 N–H and O–H groups in total. The summed E-state index contributed by atoms with van der Waals surface area (Å²) >= 11 is 0. The van der Waals surface area contributed by atoms with Crippen LogP contribution in [0.2, 0.25) is 0 Å². The van der Waals surface area contributed by atoms with Crippen molar-refractivity contribution in [1.29, 1.82) is 0 Å². The number of hydrogen-bond donors (Lipinski definition) is 3. The van der Waals surface area contributed by atoms with Crippen molar-refractivity contribution < 1.29 is 47.7 Å². The van der Waals surface area contributed by atoms with Crippen LogP contribution < -0.4 is 16.2 Å². The van der Waals surface area contributed by atoms with Gasteiger partial charge in [-0.25, -0.2) is 14.2 Å². The number of rotatable bonds is 20. The molecule has 1 fully saturated rings. The summed E-state index contributed by atoms with van der Waals surface area (Å²) in [6.45, 7) is 11.0. The maximum atomic E-state index is 15.3. The number of carbonyl (C=O) groups excluding carboxylic acids is 6. The van der Waals surface area contributed by atoms with E-state index in [1.54, 1.807) is 38.3 Å². The Labute approximate surface area is 360 Å². The molecule has 0 radical (unpaired) electrons. The van der Waals surface area contributed by atoms with Gasteiger partial charge in [0.1, 0.15) is 19.2 Å². The maximum absolute atomic E-state index is 15.3. The van der Waals surface area contributed by atoms with E-state index in [1.165, 1.54) is 11.0 Å². The van der Waals surface area contributed by atoms with Crippen LogP contribution in [0.3, 0.4) is 0 Å². The highest BCUT2D eigenvalue weighted by atomic mass is 19.1. The van der Waals surface area contributed by atoms with Crippen LogP contribution in [0.25, 0.3) is 22.3 Å². The number of halogens is 1. The van der Waals surface area contributed by atoms with E-state index in [0.29, 0.717) is 74.1 Å². The number of unbranched alkanes of at least 4 members (excludes halogenated alkanes) is 3. The number of amides is 4. The summed E-state index contributed by atoms with van der Waals surface area (Å²) in [5.74, 6) is -3.51. The highest BCUT2D eigenvalue weighted by molar-refractivity contribution is 6.03. The van der Waals surface area contributed by atoms with E-state index >= 15 is 4.39 Å². The van der Waals surface area contributed by atoms with E-state index < -0.39 is 29.3 Å². The van der Waals surface area contributed by atoms with Gasteiger partial charge in [-0.15, -0.1) is 0 Å². The van der Waals surface area contributed by atoms with Crippen LogP contribution in [0.5, 0.6) is 0 Å². The zero-order valence-electron chi connectivity index (χ0n) is 36.5. The molecule has 0 spiro atoms. The average Bonchev–Trinajstić information content (AvgIpc) is 3.71. The zero-order chi connectivity index (χ0) is 45.0. The monoisotopic (exact) mass is 859 g/mol. The third kappa shape index (κ3) is 9.50. The lowest BCUT2D eigenvalue weighted by atomic mass is 9.86. The number of benzene rings is 1. The molecular weight excluding hydrogens is 802 g/mol. The minimum absolute atomic E-state index is 0.0262. The number of likely N-dealkylation sites (tertiary alicyclic amines) is 1. The highest BCUT2D eigenvalue weighted by Crippen LogP contribution is 2.39. The van der Waals surface area contributed by atoms with Gasteiger partial charge < -0.3 is 29.8 Å². The number of pyridine rings is 2. The Balaban J connectivity index is 0.944. The minimum atomic E-state index is -1.95. The van der Waals surface area contributed by atoms with Crippen molar-refractivity contribution in [2.24, 2.45) is 17.8 Å². The average molecular weight is 860 g/mol. The van der Waals surface area contributed by atoms with E-state index in [4.69, 9.17) is 14.5 Å². The molecule has 1 saturated heterocycles. The Kier molecular flexibility index (Phi) is 14.4. The van der Waals surface area contributed by atoms with Crippen molar-refractivity contribution in [3.05, 3.63) is 62.2 Å². The smallest absolute Gasteiger partial charge is 0.343 e. The molecule has 5 heterocycles. The van der Waals surface area contributed by atoms with Gasteiger partial charge in [-0.1, -0.05) is 41.0 Å². The number of aromatic nitrogens is 2. The van der Waals surface area contributed by atoms with Gasteiger partial charge in [0, 0.05) is 66.8 Å². The van der Waals surface area contributed by atoms with Gasteiger partial charge in [-0.05, 0) is 74.6 Å². The summed E-state index contributed by atoms with van der Waals surface area (Å²) in [5, 5.41) is 17.5. The highest BCUT2D eigenvalue weighted by Gasteiger charge is 2.45. The van der Waals surface area contributed by atoms with Gasteiger partial charge >= 0.3 is 5.97 Å². The van der Waals surface area contributed by atoms with Crippen molar-refractivity contribution in [3.8, 4) is 11.4 Å². The van der Waals surface area contributed by atoms with Crippen molar-refractivity contribution >= 4 is 46.3 Å². The number of carbonyl (C=O) groups is 6. The number of ether oxygens (including phenoxy) is 2. The summed E-state index contributed by atoms with van der Waals surface area (Å²) in [6, 6.07) is 4.20. The molecule has 4 amide bonds. The molecule has 15 nitrogen and oxygen atoms in total. The number of nitrogens with zero attached hydrogens (tertiary/aromatic N) is 3. The van der Waals surface area contributed by atoms with Crippen LogP contribution in [0.15, 0.2) is 23.0 Å². The van der Waals surface area contributed by atoms with Crippen LogP contribution in [0.4, 0.5) is 4.39 Å². The summed E-state index contributed by atoms with van der Waals surface area (Å²) < 4.78 is 27.7. The number of cyclic esters (lactones) is 1. The standard InChI is InChI=1S/C46H58FN5O10/c1-7-46(60)33-20-36-41-29(22-52(36)44(58)32(33)23-62-45(46)59)19-31-30(28(6)34(47)21-35(31)49-41)13-10-12-16-61-24-48-42(56)26(4)17-37(53)40(25(2)3)50-38(54)14-9-8-11-15-51-39(55)18-27(5)43(51)57/h19-21,25-27,40,60H,7-18,22-24H2,1-6H3,(H,48,56)(H,50,54)/t26-,27?,40+,46+/m1/s1. The molecule has 6 rings (SSSR count). The summed E-state index contributed by atoms with van der Waals surface area (Å²) in [7, 11) is 0. The van der Waals surface area contributed by atoms with Crippen LogP contribution >= 0.6 is 0 Å². The van der Waals surface area contributed by atoms with Gasteiger partial charge in [0.2, 0.25) is 23.6 Å². The first-order valence-electron chi connectivity index (χ1n) is 21.8. The second kappa shape index (κ2) is 19.4. The Bertz CT molecular complexity index is 2340. The van der Waals surface area contributed by atoms with Crippen LogP contribution in [0.1, 0.15) is 120 Å². The fourth-order valence-corrected chi connectivity index (χ4v) is 8.66. The quantitative estimate of drug-likeness (QED) is 0.0484. The number of ketones is 1. The Morgan fingerprint density at radius 2 is 1.82 bits per heavy atom. The molecule has 3 aliphatic heterocycles. The molecule has 2 aromatic heterocycles. The van der Waals surface area contributed by atoms with Crippen molar-refractivity contribution in [1.82, 2.24) is 25.1 Å². The van der Waals surface area contributed by atoms with E-state index in [2.05, 4.69) is 10.6 Å². The number of fused-ring (bicyclic) bond motifs is 5. The largest absolute Gasteiger partial charge is 0.458 e. The molecule has 16 heteroatoms. The van der Waals surface area contributed by atoms with E-state index in [0.717, 1.165) is 16.5 Å². The number of aliphatic hydroxyl groups is 1. The third-order valence-corrected chi connectivity index (χ3v) is 12.5. The van der Waals surface area contributed by atoms with E-state index in [9.17, 15) is 38.7 Å². The van der Waals surface area contributed by atoms with Gasteiger partial charge in [-0.3, -0.25) is 33.7 Å². The fraction of sp³-hybridized carbons (Fsp3) is 0.565. The molecule has 0 aliphatic carbocycles. The number of esters is 1. The lowest BCUT2D eigenvalue weighted by molar-refractivity contribution is -0.172. The number of aryl methyl sites for hydroxylation is 1. The topological polar surface area (TPSA) is 203 Å². The van der Waals surface area contributed by atoms with E-state index in [1.807, 2.05) is 19.9 Å². The minimum Gasteiger partial charge on any atom is -0.458 e. The summed E-state index contributed by atoms with van der Waals surface area (Å²) in [5.41, 5.74) is 1.55.